The molecule has 0 aromatic carbocycles. The van der Waals surface area contributed by atoms with Gasteiger partial charge in [0.2, 0.25) is 0 Å². The van der Waals surface area contributed by atoms with Crippen LogP contribution in [0.25, 0.3) is 0 Å². The molecule has 172 valence electrons. The number of ether oxygens (including phenoxy) is 2. The Balaban J connectivity index is 1.34. The third-order valence-corrected chi connectivity index (χ3v) is 6.23. The van der Waals surface area contributed by atoms with Crippen molar-refractivity contribution in [2.45, 2.75) is 110 Å². The lowest BCUT2D eigenvalue weighted by atomic mass is 10.0. The quantitative estimate of drug-likeness (QED) is 0.178. The van der Waals surface area contributed by atoms with Crippen LogP contribution in [0.3, 0.4) is 0 Å². The molecule has 2 aliphatic rings. The predicted molar refractivity (Wildman–Crippen MR) is 117 cm³/mol. The van der Waals surface area contributed by atoms with E-state index < -0.39 is 23.9 Å². The molecule has 0 saturated heterocycles. The standard InChI is InChI=1S/C25H36O6/c1-18-20(24(28)30-22(18)26)16-14-12-10-8-6-4-3-5-7-9-11-13-15-17-21-19(2)23(27)31-25(21)29/h3-17H2,1-2H3. The van der Waals surface area contributed by atoms with Gasteiger partial charge in [0.25, 0.3) is 0 Å². The second-order valence-corrected chi connectivity index (χ2v) is 8.66. The van der Waals surface area contributed by atoms with Gasteiger partial charge in [-0.1, -0.05) is 70.6 Å². The van der Waals surface area contributed by atoms with Crippen LogP contribution in [-0.4, -0.2) is 23.9 Å². The number of carbonyl (C=O) groups excluding carboxylic acids is 4. The van der Waals surface area contributed by atoms with Crippen molar-refractivity contribution < 1.29 is 28.7 Å². The first-order valence-electron chi connectivity index (χ1n) is 11.8. The number of rotatable bonds is 16. The second kappa shape index (κ2) is 13.2. The van der Waals surface area contributed by atoms with Gasteiger partial charge in [-0.15, -0.1) is 0 Å². The van der Waals surface area contributed by atoms with Gasteiger partial charge in [0, 0.05) is 22.3 Å². The van der Waals surface area contributed by atoms with Crippen LogP contribution in [0.5, 0.6) is 0 Å². The molecule has 0 unspecified atom stereocenters. The molecule has 0 aliphatic carbocycles. The van der Waals surface area contributed by atoms with Gasteiger partial charge < -0.3 is 9.47 Å². The molecular weight excluding hydrogens is 396 g/mol. The number of hydrogen-bond acceptors (Lipinski definition) is 6. The van der Waals surface area contributed by atoms with E-state index >= 15 is 0 Å². The molecule has 0 radical (unpaired) electrons. The molecule has 2 heterocycles. The smallest absolute Gasteiger partial charge is 0.342 e. The summed E-state index contributed by atoms with van der Waals surface area (Å²) in [6, 6.07) is 0. The van der Waals surface area contributed by atoms with Crippen LogP contribution in [0.2, 0.25) is 0 Å². The van der Waals surface area contributed by atoms with Crippen LogP contribution >= 0.6 is 0 Å². The maximum absolute atomic E-state index is 11.5. The number of unbranched alkanes of at least 4 members (excludes halogenated alkanes) is 12. The number of carbonyl (C=O) groups is 4. The Morgan fingerprint density at radius 2 is 0.677 bits per heavy atom. The Hall–Kier alpha value is -2.24. The summed E-state index contributed by atoms with van der Waals surface area (Å²) in [7, 11) is 0. The number of esters is 4. The van der Waals surface area contributed by atoms with Crippen molar-refractivity contribution >= 4 is 23.9 Å². The van der Waals surface area contributed by atoms with Crippen molar-refractivity contribution in [3.05, 3.63) is 22.3 Å². The molecule has 0 bridgehead atoms. The van der Waals surface area contributed by atoms with Crippen molar-refractivity contribution in [3.63, 3.8) is 0 Å². The highest BCUT2D eigenvalue weighted by molar-refractivity contribution is 6.12. The highest BCUT2D eigenvalue weighted by Gasteiger charge is 2.29. The van der Waals surface area contributed by atoms with Crippen molar-refractivity contribution in [2.75, 3.05) is 0 Å². The van der Waals surface area contributed by atoms with Gasteiger partial charge >= 0.3 is 23.9 Å². The Kier molecular flexibility index (Phi) is 10.7. The molecule has 0 amide bonds. The van der Waals surface area contributed by atoms with Gasteiger partial charge in [0.15, 0.2) is 0 Å². The van der Waals surface area contributed by atoms with Crippen LogP contribution in [0.1, 0.15) is 110 Å². The Labute approximate surface area is 185 Å². The van der Waals surface area contributed by atoms with Gasteiger partial charge in [-0.2, -0.15) is 0 Å². The van der Waals surface area contributed by atoms with E-state index in [0.717, 1.165) is 25.7 Å². The van der Waals surface area contributed by atoms with Crippen molar-refractivity contribution in [2.24, 2.45) is 0 Å². The summed E-state index contributed by atoms with van der Waals surface area (Å²) in [5.41, 5.74) is 2.08. The van der Waals surface area contributed by atoms with Crippen LogP contribution < -0.4 is 0 Å². The average molecular weight is 433 g/mol. The summed E-state index contributed by atoms with van der Waals surface area (Å²) in [6.07, 6.45) is 16.5. The fraction of sp³-hybridized carbons (Fsp3) is 0.680. The minimum atomic E-state index is -0.485. The van der Waals surface area contributed by atoms with Gasteiger partial charge in [-0.25, -0.2) is 19.2 Å². The van der Waals surface area contributed by atoms with E-state index in [9.17, 15) is 19.2 Å². The van der Waals surface area contributed by atoms with Crippen molar-refractivity contribution in [1.82, 2.24) is 0 Å². The van der Waals surface area contributed by atoms with Gasteiger partial charge in [0.1, 0.15) is 0 Å². The molecule has 6 nitrogen and oxygen atoms in total. The van der Waals surface area contributed by atoms with Crippen LogP contribution in [0, 0.1) is 0 Å². The minimum Gasteiger partial charge on any atom is -0.386 e. The fourth-order valence-electron chi connectivity index (χ4n) is 4.12. The molecule has 0 spiro atoms. The van der Waals surface area contributed by atoms with Gasteiger partial charge in [-0.05, 0) is 39.5 Å². The molecule has 0 aromatic rings. The Morgan fingerprint density at radius 3 is 0.903 bits per heavy atom. The molecule has 0 N–H and O–H groups in total. The topological polar surface area (TPSA) is 86.7 Å². The van der Waals surface area contributed by atoms with Gasteiger partial charge in [-0.3, -0.25) is 0 Å². The van der Waals surface area contributed by atoms with Crippen LogP contribution in [0.15, 0.2) is 22.3 Å². The zero-order chi connectivity index (χ0) is 22.6. The Morgan fingerprint density at radius 1 is 0.419 bits per heavy atom. The monoisotopic (exact) mass is 432 g/mol. The molecular formula is C25H36O6. The molecule has 0 aromatic heterocycles. The van der Waals surface area contributed by atoms with E-state index in [1.54, 1.807) is 13.8 Å². The lowest BCUT2D eigenvalue weighted by Crippen LogP contribution is -2.02. The summed E-state index contributed by atoms with van der Waals surface area (Å²) < 4.78 is 9.21. The molecule has 2 aliphatic heterocycles. The summed E-state index contributed by atoms with van der Waals surface area (Å²) >= 11 is 0. The Bertz CT molecular complexity index is 681. The van der Waals surface area contributed by atoms with E-state index in [1.807, 2.05) is 0 Å². The van der Waals surface area contributed by atoms with Crippen molar-refractivity contribution in [1.29, 1.82) is 0 Å². The summed E-state index contributed by atoms with van der Waals surface area (Å²) in [5.74, 6) is -1.88. The first-order chi connectivity index (χ1) is 14.9. The van der Waals surface area contributed by atoms with Crippen LogP contribution in [-0.2, 0) is 28.7 Å². The van der Waals surface area contributed by atoms with E-state index in [2.05, 4.69) is 9.47 Å². The predicted octanol–water partition coefficient (Wildman–Crippen LogP) is 5.64. The first kappa shape index (κ1) is 25.0. The lowest BCUT2D eigenvalue weighted by molar-refractivity contribution is -0.152. The normalized spacial score (nSPS) is 16.6. The van der Waals surface area contributed by atoms with E-state index in [1.165, 1.54) is 57.8 Å². The van der Waals surface area contributed by atoms with E-state index in [0.29, 0.717) is 35.1 Å². The lowest BCUT2D eigenvalue weighted by Gasteiger charge is -2.04. The maximum Gasteiger partial charge on any atom is 0.342 e. The summed E-state index contributed by atoms with van der Waals surface area (Å²) in [5, 5.41) is 0. The van der Waals surface area contributed by atoms with E-state index in [4.69, 9.17) is 0 Å². The zero-order valence-corrected chi connectivity index (χ0v) is 19.1. The van der Waals surface area contributed by atoms with E-state index in [-0.39, 0.29) is 0 Å². The number of hydrogen-bond donors (Lipinski definition) is 0. The highest BCUT2D eigenvalue weighted by atomic mass is 16.6. The zero-order valence-electron chi connectivity index (χ0n) is 19.1. The average Bonchev–Trinajstić information content (AvgIpc) is 3.12. The molecule has 0 fully saturated rings. The van der Waals surface area contributed by atoms with Crippen LogP contribution in [0.4, 0.5) is 0 Å². The van der Waals surface area contributed by atoms with Crippen molar-refractivity contribution in [3.8, 4) is 0 Å². The maximum atomic E-state index is 11.5. The SMILES string of the molecule is CC1=C(CCCCCCCCCCCCCCCC2=C(C)C(=O)OC2=O)C(=O)OC1=O. The fourth-order valence-corrected chi connectivity index (χ4v) is 4.12. The first-order valence-corrected chi connectivity index (χ1v) is 11.8. The van der Waals surface area contributed by atoms with Gasteiger partial charge in [0.05, 0.1) is 0 Å². The molecule has 0 atom stereocenters. The molecule has 2 rings (SSSR count). The highest BCUT2D eigenvalue weighted by Crippen LogP contribution is 2.24. The molecule has 31 heavy (non-hydrogen) atoms. The molecule has 0 saturated carbocycles. The second-order valence-electron chi connectivity index (χ2n) is 8.66. The third kappa shape index (κ3) is 8.08. The largest absolute Gasteiger partial charge is 0.386 e. The third-order valence-electron chi connectivity index (χ3n) is 6.23. The minimum absolute atomic E-state index is 0.454. The molecule has 6 heteroatoms. The summed E-state index contributed by atoms with van der Waals surface area (Å²) in [4.78, 5) is 45.6. The number of cyclic esters (lactones) is 4. The summed E-state index contributed by atoms with van der Waals surface area (Å²) in [6.45, 7) is 3.33.